The molecule has 1 heterocycles. The molecule has 0 saturated heterocycles. The highest BCUT2D eigenvalue weighted by atomic mass is 16.2. The molecule has 3 rings (SSSR count). The number of nitrogens with zero attached hydrogens (tertiary/aromatic N) is 2. The van der Waals surface area contributed by atoms with E-state index in [1.807, 2.05) is 11.0 Å². The summed E-state index contributed by atoms with van der Waals surface area (Å²) < 4.78 is 0. The molecule has 1 aromatic rings. The standard InChI is InChI=1S/C15H16N2O/c16-8-12-5-6-13-10-17(15(18)14(13)7-12)9-11-3-1-2-4-11/h5-7,11H,1-4,9-10H2. The predicted octanol–water partition coefficient (Wildman–Crippen LogP) is 2.70. The van der Waals surface area contributed by atoms with Crippen LogP contribution in [0.1, 0.15) is 47.2 Å². The number of benzene rings is 1. The molecule has 18 heavy (non-hydrogen) atoms. The zero-order chi connectivity index (χ0) is 12.5. The highest BCUT2D eigenvalue weighted by molar-refractivity contribution is 5.98. The molecule has 0 bridgehead atoms. The lowest BCUT2D eigenvalue weighted by Crippen LogP contribution is -2.28. The van der Waals surface area contributed by atoms with Gasteiger partial charge in [-0.1, -0.05) is 18.9 Å². The lowest BCUT2D eigenvalue weighted by atomic mass is 10.1. The molecular weight excluding hydrogens is 224 g/mol. The van der Waals surface area contributed by atoms with Crippen molar-refractivity contribution >= 4 is 5.91 Å². The maximum atomic E-state index is 12.3. The van der Waals surface area contributed by atoms with Crippen LogP contribution >= 0.6 is 0 Å². The summed E-state index contributed by atoms with van der Waals surface area (Å²) in [6, 6.07) is 7.54. The summed E-state index contributed by atoms with van der Waals surface area (Å²) in [5.41, 5.74) is 2.37. The van der Waals surface area contributed by atoms with E-state index in [-0.39, 0.29) is 5.91 Å². The average Bonchev–Trinajstić information content (AvgIpc) is 2.99. The second-order valence-electron chi connectivity index (χ2n) is 5.32. The highest BCUT2D eigenvalue weighted by Gasteiger charge is 2.30. The molecule has 1 fully saturated rings. The highest BCUT2D eigenvalue weighted by Crippen LogP contribution is 2.30. The Morgan fingerprint density at radius 3 is 2.83 bits per heavy atom. The molecule has 3 nitrogen and oxygen atoms in total. The largest absolute Gasteiger partial charge is 0.334 e. The van der Waals surface area contributed by atoms with Gasteiger partial charge in [0.05, 0.1) is 11.6 Å². The van der Waals surface area contributed by atoms with Crippen LogP contribution in [-0.2, 0) is 6.54 Å². The third-order valence-electron chi connectivity index (χ3n) is 4.07. The molecule has 0 N–H and O–H groups in total. The van der Waals surface area contributed by atoms with Crippen LogP contribution < -0.4 is 0 Å². The first-order valence-corrected chi connectivity index (χ1v) is 6.60. The number of amides is 1. The van der Waals surface area contributed by atoms with Crippen LogP contribution in [0.3, 0.4) is 0 Å². The van der Waals surface area contributed by atoms with Crippen molar-refractivity contribution in [2.75, 3.05) is 6.54 Å². The van der Waals surface area contributed by atoms with E-state index in [4.69, 9.17) is 5.26 Å². The first-order valence-electron chi connectivity index (χ1n) is 6.60. The molecule has 1 aliphatic heterocycles. The Morgan fingerprint density at radius 2 is 2.11 bits per heavy atom. The van der Waals surface area contributed by atoms with Gasteiger partial charge in [0, 0.05) is 18.7 Å². The van der Waals surface area contributed by atoms with Crippen molar-refractivity contribution in [1.29, 1.82) is 5.26 Å². The maximum Gasteiger partial charge on any atom is 0.254 e. The van der Waals surface area contributed by atoms with Crippen molar-refractivity contribution in [2.45, 2.75) is 32.2 Å². The lowest BCUT2D eigenvalue weighted by Gasteiger charge is -2.19. The van der Waals surface area contributed by atoms with Crippen molar-refractivity contribution in [3.8, 4) is 6.07 Å². The Balaban J connectivity index is 1.78. The van der Waals surface area contributed by atoms with Crippen molar-refractivity contribution in [2.24, 2.45) is 5.92 Å². The van der Waals surface area contributed by atoms with E-state index < -0.39 is 0 Å². The Kier molecular flexibility index (Phi) is 2.79. The van der Waals surface area contributed by atoms with Gasteiger partial charge in [-0.15, -0.1) is 0 Å². The molecule has 0 spiro atoms. The molecule has 2 aliphatic rings. The van der Waals surface area contributed by atoms with Crippen LogP contribution in [0.15, 0.2) is 18.2 Å². The summed E-state index contributed by atoms with van der Waals surface area (Å²) in [7, 11) is 0. The minimum atomic E-state index is 0.106. The molecule has 0 atom stereocenters. The molecule has 0 radical (unpaired) electrons. The van der Waals surface area contributed by atoms with Gasteiger partial charge in [-0.25, -0.2) is 0 Å². The van der Waals surface area contributed by atoms with Gasteiger partial charge >= 0.3 is 0 Å². The number of carbonyl (C=O) groups is 1. The quantitative estimate of drug-likeness (QED) is 0.797. The van der Waals surface area contributed by atoms with Crippen LogP contribution in [0, 0.1) is 17.2 Å². The van der Waals surface area contributed by atoms with Gasteiger partial charge < -0.3 is 4.90 Å². The third-order valence-corrected chi connectivity index (χ3v) is 4.07. The van der Waals surface area contributed by atoms with Crippen LogP contribution in [0.4, 0.5) is 0 Å². The first kappa shape index (κ1) is 11.3. The van der Waals surface area contributed by atoms with E-state index in [2.05, 4.69) is 6.07 Å². The topological polar surface area (TPSA) is 44.1 Å². The van der Waals surface area contributed by atoms with Crippen molar-refractivity contribution < 1.29 is 4.79 Å². The van der Waals surface area contributed by atoms with Gasteiger partial charge in [-0.05, 0) is 36.5 Å². The van der Waals surface area contributed by atoms with Crippen LogP contribution in [0.25, 0.3) is 0 Å². The molecule has 92 valence electrons. The van der Waals surface area contributed by atoms with Gasteiger partial charge in [0.15, 0.2) is 0 Å². The van der Waals surface area contributed by atoms with Crippen LogP contribution in [0.2, 0.25) is 0 Å². The molecular formula is C15H16N2O. The first-order chi connectivity index (χ1) is 8.78. The molecule has 1 aliphatic carbocycles. The van der Waals surface area contributed by atoms with Gasteiger partial charge in [0.1, 0.15) is 0 Å². The van der Waals surface area contributed by atoms with Crippen molar-refractivity contribution in [3.05, 3.63) is 34.9 Å². The fraction of sp³-hybridized carbons (Fsp3) is 0.467. The second kappa shape index (κ2) is 4.45. The van der Waals surface area contributed by atoms with Crippen molar-refractivity contribution in [3.63, 3.8) is 0 Å². The summed E-state index contributed by atoms with van der Waals surface area (Å²) in [6.07, 6.45) is 5.11. The maximum absolute atomic E-state index is 12.3. The molecule has 1 saturated carbocycles. The smallest absolute Gasteiger partial charge is 0.254 e. The van der Waals surface area contributed by atoms with Crippen LogP contribution in [0.5, 0.6) is 0 Å². The summed E-state index contributed by atoms with van der Waals surface area (Å²) in [5, 5.41) is 8.88. The average molecular weight is 240 g/mol. The van der Waals surface area contributed by atoms with E-state index in [1.165, 1.54) is 25.7 Å². The van der Waals surface area contributed by atoms with E-state index in [1.54, 1.807) is 12.1 Å². The monoisotopic (exact) mass is 240 g/mol. The fourth-order valence-corrected chi connectivity index (χ4v) is 3.08. The summed E-state index contributed by atoms with van der Waals surface area (Å²) in [6.45, 7) is 1.60. The molecule has 0 aromatic heterocycles. The zero-order valence-corrected chi connectivity index (χ0v) is 10.4. The number of hydrogen-bond acceptors (Lipinski definition) is 2. The van der Waals surface area contributed by atoms with E-state index in [9.17, 15) is 4.79 Å². The Hall–Kier alpha value is -1.82. The zero-order valence-electron chi connectivity index (χ0n) is 10.4. The van der Waals surface area contributed by atoms with E-state index in [0.717, 1.165) is 24.2 Å². The Morgan fingerprint density at radius 1 is 1.33 bits per heavy atom. The van der Waals surface area contributed by atoms with Gasteiger partial charge in [-0.3, -0.25) is 4.79 Å². The minimum Gasteiger partial charge on any atom is -0.334 e. The van der Waals surface area contributed by atoms with Gasteiger partial charge in [0.2, 0.25) is 0 Å². The minimum absolute atomic E-state index is 0.106. The molecule has 0 unspecified atom stereocenters. The Bertz CT molecular complexity index is 524. The second-order valence-corrected chi connectivity index (χ2v) is 5.32. The fourth-order valence-electron chi connectivity index (χ4n) is 3.08. The number of nitriles is 1. The summed E-state index contributed by atoms with van der Waals surface area (Å²) in [4.78, 5) is 14.2. The molecule has 1 amide bonds. The summed E-state index contributed by atoms with van der Waals surface area (Å²) >= 11 is 0. The Labute approximate surface area is 107 Å². The van der Waals surface area contributed by atoms with Crippen molar-refractivity contribution in [1.82, 2.24) is 4.90 Å². The summed E-state index contributed by atoms with van der Waals surface area (Å²) in [5.74, 6) is 0.785. The normalized spacial score (nSPS) is 19.1. The van der Waals surface area contributed by atoms with E-state index in [0.29, 0.717) is 11.5 Å². The third kappa shape index (κ3) is 1.88. The van der Waals surface area contributed by atoms with Gasteiger partial charge in [-0.2, -0.15) is 5.26 Å². The number of carbonyl (C=O) groups excluding carboxylic acids is 1. The molecule has 1 aromatic carbocycles. The van der Waals surface area contributed by atoms with E-state index >= 15 is 0 Å². The van der Waals surface area contributed by atoms with Crippen LogP contribution in [-0.4, -0.2) is 17.4 Å². The number of fused-ring (bicyclic) bond motifs is 1. The SMILES string of the molecule is N#Cc1ccc2c(c1)C(=O)N(CC1CCCC1)C2. The lowest BCUT2D eigenvalue weighted by molar-refractivity contribution is 0.0753. The predicted molar refractivity (Wildman–Crippen MR) is 67.9 cm³/mol. The van der Waals surface area contributed by atoms with Gasteiger partial charge in [0.25, 0.3) is 5.91 Å². The number of hydrogen-bond donors (Lipinski definition) is 0. The molecule has 3 heteroatoms. The number of rotatable bonds is 2.